The van der Waals surface area contributed by atoms with Crippen LogP contribution in [0.25, 0.3) is 0 Å². The van der Waals surface area contributed by atoms with Crippen LogP contribution in [0.1, 0.15) is 0 Å². The van der Waals surface area contributed by atoms with E-state index in [1.54, 1.807) is 0 Å². The third-order valence-corrected chi connectivity index (χ3v) is 0. The fourth-order valence-corrected chi connectivity index (χ4v) is 0. The van der Waals surface area contributed by atoms with Gasteiger partial charge in [0, 0.05) is 17.4 Å². The Kier molecular flexibility index (Phi) is 699. The standard InChI is InChI=1S/7Al.Cr.21H. The van der Waals surface area contributed by atoms with E-state index in [4.69, 9.17) is 0 Å². The molecule has 0 radical (unpaired) electrons. The zero-order valence-electron chi connectivity index (χ0n) is 0.408. The largest absolute Gasteiger partial charge is 0.187 e. The number of hydrogen-bond acceptors (Lipinski definition) is 0. The fourth-order valence-electron chi connectivity index (χ4n) is 0. The van der Waals surface area contributed by atoms with Crippen molar-refractivity contribution in [3.8, 4) is 0 Å². The summed E-state index contributed by atoms with van der Waals surface area (Å²) in [5.74, 6) is 0. The molecular formula is H21Al7Cr. The molecule has 0 aliphatic carbocycles. The first-order valence-electron chi connectivity index (χ1n) is 0. The van der Waals surface area contributed by atoms with Crippen molar-refractivity contribution >= 4 is 122 Å². The van der Waals surface area contributed by atoms with Crippen molar-refractivity contribution in [1.82, 2.24) is 0 Å². The van der Waals surface area contributed by atoms with Crippen LogP contribution in [0.15, 0.2) is 0 Å². The molecule has 0 fully saturated rings. The number of rotatable bonds is 0. The van der Waals surface area contributed by atoms with E-state index in [9.17, 15) is 0 Å². The van der Waals surface area contributed by atoms with Gasteiger partial charge in [0.05, 0.1) is 0 Å². The second kappa shape index (κ2) is 65.3. The summed E-state index contributed by atoms with van der Waals surface area (Å²) in [6, 6.07) is 0. The van der Waals surface area contributed by atoms with Crippen LogP contribution >= 0.6 is 0 Å². The van der Waals surface area contributed by atoms with E-state index in [1.807, 2.05) is 0 Å². The summed E-state index contributed by atoms with van der Waals surface area (Å²) < 4.78 is 0. The van der Waals surface area contributed by atoms with Gasteiger partial charge in [0.25, 0.3) is 0 Å². The molecule has 0 amide bonds. The van der Waals surface area contributed by atoms with Gasteiger partial charge >= 0.3 is 0 Å². The van der Waals surface area contributed by atoms with Crippen LogP contribution in [0, 0.1) is 0 Å². The minimum absolute atomic E-state index is 0. The molecule has 0 aliphatic heterocycles. The van der Waals surface area contributed by atoms with Gasteiger partial charge in [-0.1, -0.05) is 0 Å². The first-order valence-corrected chi connectivity index (χ1v) is 0. The molecule has 0 aromatic rings. The van der Waals surface area contributed by atoms with Gasteiger partial charge in [-0.15, -0.1) is 0 Å². The normalized spacial score (nSPS) is 0. The second-order valence-electron chi connectivity index (χ2n) is 0. The van der Waals surface area contributed by atoms with Crippen LogP contribution < -0.4 is 0 Å². The van der Waals surface area contributed by atoms with E-state index in [0.29, 0.717) is 0 Å². The molecule has 0 heterocycles. The average Bonchev–Trinajstić information content (AvgIpc) is 0. The monoisotopic (exact) mass is 262 g/mol. The maximum atomic E-state index is 0. The van der Waals surface area contributed by atoms with Crippen LogP contribution in [0.3, 0.4) is 0 Å². The first-order chi connectivity index (χ1) is 0. The Balaban J connectivity index is 0. The molecule has 8 heavy (non-hydrogen) atoms. The SMILES string of the molecule is [AlH3].[AlH3].[AlH3].[AlH3].[AlH3].[AlH3].[AlH3].[Cr]. The van der Waals surface area contributed by atoms with Crippen LogP contribution in [-0.2, 0) is 17.4 Å². The van der Waals surface area contributed by atoms with Crippen LogP contribution in [0.4, 0.5) is 0 Å². The van der Waals surface area contributed by atoms with Crippen molar-refractivity contribution in [3.05, 3.63) is 0 Å². The Morgan fingerprint density at radius 2 is 0.250 bits per heavy atom. The summed E-state index contributed by atoms with van der Waals surface area (Å²) in [4.78, 5) is 0. The van der Waals surface area contributed by atoms with Gasteiger partial charge < -0.3 is 0 Å². The molecule has 0 nitrogen and oxygen atoms in total. The molecule has 0 rings (SSSR count). The van der Waals surface area contributed by atoms with Crippen molar-refractivity contribution in [1.29, 1.82) is 0 Å². The molecule has 8 heteroatoms. The maximum Gasteiger partial charge on any atom is 0.187 e. The molecule has 0 unspecified atom stereocenters. The summed E-state index contributed by atoms with van der Waals surface area (Å²) in [5, 5.41) is 0. The molecular weight excluding hydrogens is 241 g/mol. The summed E-state index contributed by atoms with van der Waals surface area (Å²) in [6.45, 7) is 0. The van der Waals surface area contributed by atoms with Gasteiger partial charge in [0.1, 0.15) is 0 Å². The number of hydrogen-bond donors (Lipinski definition) is 0. The quantitative estimate of drug-likeness (QED) is 0.380. The molecule has 0 atom stereocenters. The Hall–Kier alpha value is 4.26. The first kappa shape index (κ1) is 85.7. The van der Waals surface area contributed by atoms with E-state index >= 15 is 0 Å². The molecule has 0 spiro atoms. The van der Waals surface area contributed by atoms with Crippen molar-refractivity contribution in [2.45, 2.75) is 0 Å². The van der Waals surface area contributed by atoms with E-state index in [1.165, 1.54) is 0 Å². The predicted octanol–water partition coefficient (Wildman–Crippen LogP) is -8.29. The molecule has 0 aromatic carbocycles. The summed E-state index contributed by atoms with van der Waals surface area (Å²) in [6.07, 6.45) is 0. The van der Waals surface area contributed by atoms with Gasteiger partial charge in [0.2, 0.25) is 0 Å². The molecule has 0 saturated heterocycles. The second-order valence-corrected chi connectivity index (χ2v) is 0. The Morgan fingerprint density at radius 1 is 0.250 bits per heavy atom. The maximum absolute atomic E-state index is 0. The van der Waals surface area contributed by atoms with Crippen molar-refractivity contribution < 1.29 is 17.4 Å². The minimum Gasteiger partial charge on any atom is 0 e. The zero-order valence-corrected chi connectivity index (χ0v) is 1.68. The molecule has 0 saturated carbocycles. The minimum atomic E-state index is 0. The molecule has 0 aliphatic rings. The molecule has 48 valence electrons. The average molecular weight is 262 g/mol. The van der Waals surface area contributed by atoms with Gasteiger partial charge in [-0.2, -0.15) is 0 Å². The summed E-state index contributed by atoms with van der Waals surface area (Å²) in [5.41, 5.74) is 0. The summed E-state index contributed by atoms with van der Waals surface area (Å²) >= 11 is 0. The third-order valence-electron chi connectivity index (χ3n) is 0. The van der Waals surface area contributed by atoms with E-state index in [2.05, 4.69) is 0 Å². The van der Waals surface area contributed by atoms with Crippen molar-refractivity contribution in [2.24, 2.45) is 0 Å². The van der Waals surface area contributed by atoms with Gasteiger partial charge in [-0.3, -0.25) is 0 Å². The van der Waals surface area contributed by atoms with Crippen LogP contribution in [0.5, 0.6) is 0 Å². The predicted molar refractivity (Wildman–Crippen MR) is 69.6 cm³/mol. The topological polar surface area (TPSA) is 0 Å². The summed E-state index contributed by atoms with van der Waals surface area (Å²) in [7, 11) is 0. The van der Waals surface area contributed by atoms with Gasteiger partial charge in [-0.05, 0) is 0 Å². The van der Waals surface area contributed by atoms with Gasteiger partial charge in [0.15, 0.2) is 122 Å². The zero-order chi connectivity index (χ0) is 0. The van der Waals surface area contributed by atoms with Crippen molar-refractivity contribution in [2.75, 3.05) is 0 Å². The Labute approximate surface area is 136 Å². The van der Waals surface area contributed by atoms with Crippen LogP contribution in [-0.4, -0.2) is 122 Å². The van der Waals surface area contributed by atoms with E-state index < -0.39 is 0 Å². The van der Waals surface area contributed by atoms with E-state index in [0.717, 1.165) is 0 Å². The van der Waals surface area contributed by atoms with Crippen molar-refractivity contribution in [3.63, 3.8) is 0 Å². The molecule has 0 N–H and O–H groups in total. The smallest absolute Gasteiger partial charge is 0 e. The fraction of sp³-hybridized carbons (Fsp3) is 0. The van der Waals surface area contributed by atoms with Gasteiger partial charge in [-0.25, -0.2) is 0 Å². The molecule has 0 aromatic heterocycles. The van der Waals surface area contributed by atoms with E-state index in [-0.39, 0.29) is 139 Å². The molecule has 0 bridgehead atoms. The Morgan fingerprint density at radius 3 is 0.250 bits per heavy atom. The third kappa shape index (κ3) is 48.5. The Bertz CT molecular complexity index is 4.35. The van der Waals surface area contributed by atoms with Crippen LogP contribution in [0.2, 0.25) is 0 Å².